The number of carbonyl (C=O) groups is 1. The fraction of sp³-hybridized carbons (Fsp3) is 0.750. The third-order valence-electron chi connectivity index (χ3n) is 17.6. The average molecular weight is 732 g/mol. The molecule has 286 valence electrons. The molecule has 3 aliphatic heterocycles. The van der Waals surface area contributed by atoms with Gasteiger partial charge in [-0.15, -0.1) is 0 Å². The van der Waals surface area contributed by atoms with Gasteiger partial charge in [-0.05, 0) is 146 Å². The summed E-state index contributed by atoms with van der Waals surface area (Å²) in [6.45, 7) is 23.6. The van der Waals surface area contributed by atoms with Gasteiger partial charge in [-0.3, -0.25) is 4.90 Å². The minimum atomic E-state index is -3.11. The van der Waals surface area contributed by atoms with Crippen molar-refractivity contribution in [2.45, 2.75) is 123 Å². The van der Waals surface area contributed by atoms with Crippen molar-refractivity contribution in [1.29, 1.82) is 0 Å². The summed E-state index contributed by atoms with van der Waals surface area (Å²) < 4.78 is 26.4. The van der Waals surface area contributed by atoms with E-state index in [1.807, 2.05) is 12.1 Å². The van der Waals surface area contributed by atoms with Crippen molar-refractivity contribution in [3.63, 3.8) is 0 Å². The van der Waals surface area contributed by atoms with Crippen molar-refractivity contribution in [2.24, 2.45) is 51.2 Å². The summed E-state index contributed by atoms with van der Waals surface area (Å²) in [5, 5.41) is 13.8. The molecule has 3 saturated heterocycles. The largest absolute Gasteiger partial charge is 0.478 e. The van der Waals surface area contributed by atoms with Gasteiger partial charge in [-0.2, -0.15) is 4.31 Å². The number of carboxylic acid groups (broad SMARTS) is 1. The standard InChI is InChI=1S/C44H65N3O4S/c1-28(2)33-15-20-44(45-23-24-46-26-31-25-32(27-46)47(31)52(8,50)51)22-21-42(6)35(38(33)44)13-14-37-41(5)18-16-34(29-9-11-30(12-10-29)39(48)49)40(3,4)36(41)17-19-43(37,42)7/h9-12,16,31-33,35-38,45H,1,13-15,17-27H2,2-8H3,(H,48,49)/t31-,32+,33-,35+,36-,37+,38+,41-,42+,43+,44-/m0/s1. The first-order chi connectivity index (χ1) is 24.4. The van der Waals surface area contributed by atoms with Gasteiger partial charge in [0.25, 0.3) is 0 Å². The van der Waals surface area contributed by atoms with Crippen LogP contribution in [0, 0.1) is 51.2 Å². The highest BCUT2D eigenvalue weighted by Gasteiger charge is 2.70. The van der Waals surface area contributed by atoms with Crippen LogP contribution in [0.4, 0.5) is 0 Å². The number of hydrogen-bond donors (Lipinski definition) is 2. The molecule has 52 heavy (non-hydrogen) atoms. The molecule has 0 unspecified atom stereocenters. The summed E-state index contributed by atoms with van der Waals surface area (Å²) in [5.74, 6) is 2.26. The lowest BCUT2D eigenvalue weighted by Gasteiger charge is -2.72. The van der Waals surface area contributed by atoms with Crippen LogP contribution < -0.4 is 5.32 Å². The zero-order valence-corrected chi connectivity index (χ0v) is 33.8. The number of piperazine rings is 1. The van der Waals surface area contributed by atoms with Gasteiger partial charge in [0, 0.05) is 43.8 Å². The van der Waals surface area contributed by atoms with Crippen LogP contribution in [-0.4, -0.2) is 78.8 Å². The molecule has 2 N–H and O–H groups in total. The SMILES string of the molecule is C=C(C)[C@@H]1CC[C@]2(NCCN3C[C@H]4C[C@@H](C3)N4S(C)(=O)=O)CC[C@]3(C)[C@H](CC[C@@H]4[C@@]5(C)CC=C(c6ccc(C(=O)O)cc6)C(C)(C)[C@@H]5CC[C@]43C)[C@@H]12. The van der Waals surface area contributed by atoms with E-state index < -0.39 is 16.0 Å². The highest BCUT2D eigenvalue weighted by molar-refractivity contribution is 7.88. The molecule has 7 fully saturated rings. The van der Waals surface area contributed by atoms with Crippen molar-refractivity contribution >= 4 is 21.6 Å². The quantitative estimate of drug-likeness (QED) is 0.263. The number of rotatable bonds is 8. The van der Waals surface area contributed by atoms with E-state index in [9.17, 15) is 18.3 Å². The number of allylic oxidation sites excluding steroid dienone is 3. The summed E-state index contributed by atoms with van der Waals surface area (Å²) in [7, 11) is -3.11. The second-order valence-electron chi connectivity index (χ2n) is 20.1. The van der Waals surface area contributed by atoms with Crippen molar-refractivity contribution in [2.75, 3.05) is 32.4 Å². The second kappa shape index (κ2) is 12.2. The number of nitrogens with one attached hydrogen (secondary N) is 1. The highest BCUT2D eigenvalue weighted by atomic mass is 32.2. The maximum Gasteiger partial charge on any atom is 0.335 e. The summed E-state index contributed by atoms with van der Waals surface area (Å²) >= 11 is 0. The van der Waals surface area contributed by atoms with E-state index in [1.165, 1.54) is 74.3 Å². The third kappa shape index (κ3) is 5.26. The number of aromatic carboxylic acids is 1. The van der Waals surface area contributed by atoms with Crippen molar-refractivity contribution in [3.05, 3.63) is 53.6 Å². The Morgan fingerprint density at radius 1 is 0.923 bits per heavy atom. The lowest BCUT2D eigenvalue weighted by molar-refractivity contribution is -0.219. The first kappa shape index (κ1) is 36.9. The Morgan fingerprint density at radius 2 is 1.62 bits per heavy atom. The Balaban J connectivity index is 1.03. The van der Waals surface area contributed by atoms with Gasteiger partial charge in [0.05, 0.1) is 11.8 Å². The molecule has 7 nitrogen and oxygen atoms in total. The van der Waals surface area contributed by atoms with E-state index in [-0.39, 0.29) is 39.3 Å². The normalized spacial score (nSPS) is 44.0. The molecule has 0 radical (unpaired) electrons. The van der Waals surface area contributed by atoms with Crippen LogP contribution in [-0.2, 0) is 10.0 Å². The number of sulfonamides is 1. The Labute approximate surface area is 314 Å². The first-order valence-corrected chi connectivity index (χ1v) is 22.4. The van der Waals surface area contributed by atoms with Gasteiger partial charge in [0.15, 0.2) is 0 Å². The Bertz CT molecular complexity index is 1760. The molecule has 8 heteroatoms. The van der Waals surface area contributed by atoms with Crippen molar-refractivity contribution in [1.82, 2.24) is 14.5 Å². The maximum absolute atomic E-state index is 12.3. The number of piperidine rings is 1. The molecule has 0 amide bonds. The minimum absolute atomic E-state index is 0.0108. The monoisotopic (exact) mass is 731 g/mol. The third-order valence-corrected chi connectivity index (χ3v) is 18.9. The minimum Gasteiger partial charge on any atom is -0.478 e. The molecule has 1 aromatic carbocycles. The van der Waals surface area contributed by atoms with E-state index in [0.717, 1.165) is 39.0 Å². The molecule has 0 aromatic heterocycles. The summed E-state index contributed by atoms with van der Waals surface area (Å²) in [6.07, 6.45) is 16.2. The van der Waals surface area contributed by atoms with Crippen LogP contribution in [0.25, 0.3) is 5.57 Å². The average Bonchev–Trinajstić information content (AvgIpc) is 3.44. The summed E-state index contributed by atoms with van der Waals surface area (Å²) in [4.78, 5) is 14.1. The Hall–Kier alpha value is -2.00. The van der Waals surface area contributed by atoms with E-state index in [2.05, 4.69) is 64.4 Å². The topological polar surface area (TPSA) is 90.0 Å². The first-order valence-electron chi connectivity index (χ1n) is 20.5. The fourth-order valence-corrected chi connectivity index (χ4v) is 16.6. The molecule has 3 heterocycles. The van der Waals surface area contributed by atoms with Gasteiger partial charge in [0.2, 0.25) is 10.0 Å². The zero-order chi connectivity index (χ0) is 37.2. The number of hydrogen-bond acceptors (Lipinski definition) is 5. The van der Waals surface area contributed by atoms with Crippen molar-refractivity contribution < 1.29 is 18.3 Å². The van der Waals surface area contributed by atoms with Gasteiger partial charge >= 0.3 is 5.97 Å². The lowest BCUT2D eigenvalue weighted by Crippen LogP contribution is -2.70. The molecule has 2 bridgehead atoms. The summed E-state index contributed by atoms with van der Waals surface area (Å²) in [6, 6.07) is 7.91. The smallest absolute Gasteiger partial charge is 0.335 e. The number of benzene rings is 1. The van der Waals surface area contributed by atoms with E-state index in [0.29, 0.717) is 35.2 Å². The van der Waals surface area contributed by atoms with Crippen LogP contribution in [0.2, 0.25) is 0 Å². The molecule has 11 atom stereocenters. The Kier molecular flexibility index (Phi) is 8.70. The highest BCUT2D eigenvalue weighted by Crippen LogP contribution is 2.76. The van der Waals surface area contributed by atoms with Gasteiger partial charge in [-0.1, -0.05) is 65.0 Å². The van der Waals surface area contributed by atoms with Crippen molar-refractivity contribution in [3.8, 4) is 0 Å². The van der Waals surface area contributed by atoms with Crippen LogP contribution >= 0.6 is 0 Å². The molecule has 4 saturated carbocycles. The maximum atomic E-state index is 12.3. The molecular formula is C44H65N3O4S. The van der Waals surface area contributed by atoms with E-state index in [1.54, 1.807) is 16.4 Å². The molecule has 9 rings (SSSR count). The molecule has 1 aromatic rings. The van der Waals surface area contributed by atoms with Gasteiger partial charge in [-0.25, -0.2) is 13.2 Å². The summed E-state index contributed by atoms with van der Waals surface area (Å²) in [5.41, 5.74) is 5.26. The molecule has 0 spiro atoms. The van der Waals surface area contributed by atoms with Crippen LogP contribution in [0.5, 0.6) is 0 Å². The van der Waals surface area contributed by atoms with E-state index >= 15 is 0 Å². The van der Waals surface area contributed by atoms with E-state index in [4.69, 9.17) is 0 Å². The van der Waals surface area contributed by atoms with Gasteiger partial charge in [0.1, 0.15) is 0 Å². The van der Waals surface area contributed by atoms with Gasteiger partial charge < -0.3 is 10.4 Å². The second-order valence-corrected chi connectivity index (χ2v) is 22.0. The van der Waals surface area contributed by atoms with Crippen LogP contribution in [0.3, 0.4) is 0 Å². The predicted molar refractivity (Wildman–Crippen MR) is 209 cm³/mol. The number of carboxylic acids is 1. The molecular weight excluding hydrogens is 667 g/mol. The predicted octanol–water partition coefficient (Wildman–Crippen LogP) is 8.10. The molecule has 5 aliphatic carbocycles. The van der Waals surface area contributed by atoms with Crippen LogP contribution in [0.1, 0.15) is 122 Å². The fourth-order valence-electron chi connectivity index (χ4n) is 15.2. The number of nitrogens with zero attached hydrogens (tertiary/aromatic N) is 2. The Morgan fingerprint density at radius 3 is 2.25 bits per heavy atom. The number of fused-ring (bicyclic) bond motifs is 9. The lowest BCUT2D eigenvalue weighted by atomic mass is 9.33. The van der Waals surface area contributed by atoms with Crippen LogP contribution in [0.15, 0.2) is 42.5 Å². The zero-order valence-electron chi connectivity index (χ0n) is 33.0. The molecule has 8 aliphatic rings.